The Morgan fingerprint density at radius 2 is 1.76 bits per heavy atom. The van der Waals surface area contributed by atoms with E-state index in [0.29, 0.717) is 22.8 Å². The Labute approximate surface area is 201 Å². The highest BCUT2D eigenvalue weighted by atomic mass is 32.2. The van der Waals surface area contributed by atoms with Crippen LogP contribution in [-0.2, 0) is 5.75 Å². The van der Waals surface area contributed by atoms with E-state index in [1.165, 1.54) is 11.1 Å². The Bertz CT molecular complexity index is 1230. The standard InChI is InChI=1S/C25H27N5OS2/c1-25(2,15-31)30-22-20-21(27-23(29-22)32-14-16-9-5-3-6-10-16)28-24(33-20)26-19-13-18(19)17-11-7-4-8-12-17/h3-12,18-19,31H,13-15H2,1-2H3,(H2,26,27,28,29,30)/t18?,19-/m1/s1. The second-order valence-electron chi connectivity index (χ2n) is 8.97. The summed E-state index contributed by atoms with van der Waals surface area (Å²) in [5.41, 5.74) is 2.76. The maximum Gasteiger partial charge on any atom is 0.191 e. The van der Waals surface area contributed by atoms with E-state index in [1.54, 1.807) is 23.1 Å². The third-order valence-corrected chi connectivity index (χ3v) is 7.52. The van der Waals surface area contributed by atoms with E-state index in [-0.39, 0.29) is 6.61 Å². The number of benzene rings is 2. The minimum absolute atomic E-state index is 0.00424. The van der Waals surface area contributed by atoms with Gasteiger partial charge in [0.25, 0.3) is 0 Å². The molecule has 0 amide bonds. The Balaban J connectivity index is 1.39. The number of aliphatic hydroxyl groups excluding tert-OH is 1. The normalized spacial score (nSPS) is 17.8. The highest BCUT2D eigenvalue weighted by Gasteiger charge is 2.39. The fourth-order valence-corrected chi connectivity index (χ4v) is 5.39. The van der Waals surface area contributed by atoms with E-state index in [0.717, 1.165) is 27.8 Å². The number of hydrogen-bond donors (Lipinski definition) is 3. The van der Waals surface area contributed by atoms with Crippen molar-refractivity contribution in [3.63, 3.8) is 0 Å². The zero-order chi connectivity index (χ0) is 22.8. The number of thioether (sulfide) groups is 1. The van der Waals surface area contributed by atoms with Crippen molar-refractivity contribution in [2.75, 3.05) is 17.2 Å². The van der Waals surface area contributed by atoms with Crippen molar-refractivity contribution in [1.29, 1.82) is 0 Å². The first kappa shape index (κ1) is 22.1. The average Bonchev–Trinajstić information content (AvgIpc) is 3.47. The van der Waals surface area contributed by atoms with Crippen molar-refractivity contribution in [2.24, 2.45) is 0 Å². The van der Waals surface area contributed by atoms with Crippen molar-refractivity contribution < 1.29 is 5.11 Å². The molecule has 2 heterocycles. The third kappa shape index (κ3) is 5.29. The number of aliphatic hydroxyl groups is 1. The van der Waals surface area contributed by atoms with Crippen LogP contribution in [-0.4, -0.2) is 38.2 Å². The van der Waals surface area contributed by atoms with Gasteiger partial charge >= 0.3 is 0 Å². The number of fused-ring (bicyclic) bond motifs is 1. The molecule has 1 aliphatic carbocycles. The van der Waals surface area contributed by atoms with Gasteiger partial charge in [-0.25, -0.2) is 9.97 Å². The van der Waals surface area contributed by atoms with Gasteiger partial charge in [0.05, 0.1) is 12.1 Å². The van der Waals surface area contributed by atoms with Gasteiger partial charge in [0.2, 0.25) is 0 Å². The molecule has 2 atom stereocenters. The minimum Gasteiger partial charge on any atom is -0.394 e. The fourth-order valence-electron chi connectivity index (χ4n) is 3.68. The SMILES string of the molecule is CC(C)(CO)Nc1nc(SCc2ccccc2)nc2nc(N[C@@H]3CC3c3ccccc3)sc12. The maximum absolute atomic E-state index is 9.78. The van der Waals surface area contributed by atoms with Gasteiger partial charge in [-0.3, -0.25) is 0 Å². The number of rotatable bonds is 9. The molecule has 5 rings (SSSR count). The number of nitrogens with zero attached hydrogens (tertiary/aromatic N) is 3. The summed E-state index contributed by atoms with van der Waals surface area (Å²) < 4.78 is 0.903. The summed E-state index contributed by atoms with van der Waals surface area (Å²) >= 11 is 3.15. The lowest BCUT2D eigenvalue weighted by atomic mass is 10.1. The molecular weight excluding hydrogens is 450 g/mol. The molecule has 4 aromatic rings. The Hall–Kier alpha value is -2.68. The molecule has 1 saturated carbocycles. The van der Waals surface area contributed by atoms with Crippen LogP contribution in [0.1, 0.15) is 37.3 Å². The summed E-state index contributed by atoms with van der Waals surface area (Å²) in [5, 5.41) is 18.3. The lowest BCUT2D eigenvalue weighted by molar-refractivity contribution is 0.234. The first-order valence-electron chi connectivity index (χ1n) is 11.1. The number of nitrogens with one attached hydrogen (secondary N) is 2. The molecule has 33 heavy (non-hydrogen) atoms. The largest absolute Gasteiger partial charge is 0.394 e. The summed E-state index contributed by atoms with van der Waals surface area (Å²) in [7, 11) is 0. The number of hydrogen-bond acceptors (Lipinski definition) is 8. The molecule has 6 nitrogen and oxygen atoms in total. The number of aromatic nitrogens is 3. The molecule has 0 saturated heterocycles. The molecule has 8 heteroatoms. The summed E-state index contributed by atoms with van der Waals surface area (Å²) in [6, 6.07) is 21.3. The van der Waals surface area contributed by atoms with Gasteiger partial charge in [-0.2, -0.15) is 4.98 Å². The van der Waals surface area contributed by atoms with Crippen molar-refractivity contribution >= 4 is 44.4 Å². The summed E-state index contributed by atoms with van der Waals surface area (Å²) in [6.45, 7) is 3.90. The van der Waals surface area contributed by atoms with E-state index in [4.69, 9.17) is 15.0 Å². The van der Waals surface area contributed by atoms with Crippen molar-refractivity contribution in [3.05, 3.63) is 71.8 Å². The van der Waals surface area contributed by atoms with Crippen LogP contribution < -0.4 is 10.6 Å². The molecule has 0 bridgehead atoms. The van der Waals surface area contributed by atoms with Gasteiger partial charge in [0, 0.05) is 17.7 Å². The molecule has 0 radical (unpaired) electrons. The lowest BCUT2D eigenvalue weighted by Gasteiger charge is -2.24. The zero-order valence-corrected chi connectivity index (χ0v) is 20.3. The Kier molecular flexibility index (Phi) is 6.23. The molecule has 0 aliphatic heterocycles. The minimum atomic E-state index is -0.505. The first-order chi connectivity index (χ1) is 16.0. The molecule has 0 spiro atoms. The van der Waals surface area contributed by atoms with Gasteiger partial charge in [0.15, 0.2) is 21.8 Å². The van der Waals surface area contributed by atoms with Crippen LogP contribution in [0, 0.1) is 0 Å². The molecule has 2 aromatic heterocycles. The smallest absolute Gasteiger partial charge is 0.191 e. The van der Waals surface area contributed by atoms with Crippen LogP contribution in [0.4, 0.5) is 10.9 Å². The highest BCUT2D eigenvalue weighted by Crippen LogP contribution is 2.44. The molecule has 2 aromatic carbocycles. The predicted molar refractivity (Wildman–Crippen MR) is 137 cm³/mol. The summed E-state index contributed by atoms with van der Waals surface area (Å²) in [4.78, 5) is 14.3. The van der Waals surface area contributed by atoms with E-state index < -0.39 is 5.54 Å². The Morgan fingerprint density at radius 3 is 2.48 bits per heavy atom. The summed E-state index contributed by atoms with van der Waals surface area (Å²) in [6.07, 6.45) is 1.10. The van der Waals surface area contributed by atoms with Crippen molar-refractivity contribution in [1.82, 2.24) is 15.0 Å². The van der Waals surface area contributed by atoms with Crippen LogP contribution >= 0.6 is 23.1 Å². The maximum atomic E-state index is 9.78. The highest BCUT2D eigenvalue weighted by molar-refractivity contribution is 7.98. The van der Waals surface area contributed by atoms with Gasteiger partial charge < -0.3 is 15.7 Å². The predicted octanol–water partition coefficient (Wildman–Crippen LogP) is 5.53. The van der Waals surface area contributed by atoms with E-state index in [1.807, 2.05) is 32.0 Å². The van der Waals surface area contributed by atoms with Gasteiger partial charge in [0.1, 0.15) is 4.70 Å². The number of anilines is 2. The van der Waals surface area contributed by atoms with E-state index in [9.17, 15) is 5.11 Å². The van der Waals surface area contributed by atoms with Crippen LogP contribution in [0.5, 0.6) is 0 Å². The Morgan fingerprint density at radius 1 is 1.03 bits per heavy atom. The monoisotopic (exact) mass is 477 g/mol. The van der Waals surface area contributed by atoms with Gasteiger partial charge in [-0.1, -0.05) is 83.8 Å². The topological polar surface area (TPSA) is 83.0 Å². The van der Waals surface area contributed by atoms with E-state index >= 15 is 0 Å². The molecule has 170 valence electrons. The second-order valence-corrected chi connectivity index (χ2v) is 10.9. The van der Waals surface area contributed by atoms with Crippen molar-refractivity contribution in [2.45, 2.75) is 48.7 Å². The quantitative estimate of drug-likeness (QED) is 0.216. The van der Waals surface area contributed by atoms with Crippen molar-refractivity contribution in [3.8, 4) is 0 Å². The molecular formula is C25H27N5OS2. The van der Waals surface area contributed by atoms with Crippen LogP contribution in [0.2, 0.25) is 0 Å². The van der Waals surface area contributed by atoms with Crippen LogP contribution in [0.25, 0.3) is 10.3 Å². The molecule has 1 unspecified atom stereocenters. The van der Waals surface area contributed by atoms with Crippen LogP contribution in [0.15, 0.2) is 65.8 Å². The molecule has 1 fully saturated rings. The number of thiazole rings is 1. The van der Waals surface area contributed by atoms with E-state index in [2.05, 4.69) is 53.1 Å². The lowest BCUT2D eigenvalue weighted by Crippen LogP contribution is -2.35. The molecule has 1 aliphatic rings. The second kappa shape index (κ2) is 9.29. The zero-order valence-electron chi connectivity index (χ0n) is 18.7. The fraction of sp³-hybridized carbons (Fsp3) is 0.320. The first-order valence-corrected chi connectivity index (χ1v) is 12.9. The third-order valence-electron chi connectivity index (χ3n) is 5.62. The average molecular weight is 478 g/mol. The van der Waals surface area contributed by atoms with Gasteiger partial charge in [-0.15, -0.1) is 0 Å². The summed E-state index contributed by atoms with van der Waals surface area (Å²) in [5.74, 6) is 2.02. The van der Waals surface area contributed by atoms with Crippen LogP contribution in [0.3, 0.4) is 0 Å². The molecule has 3 N–H and O–H groups in total. The van der Waals surface area contributed by atoms with Gasteiger partial charge in [-0.05, 0) is 31.4 Å².